The second-order valence-electron chi connectivity index (χ2n) is 4.85. The molecule has 3 rings (SSSR count). The fraction of sp³-hybridized carbons (Fsp3) is 0. The molecule has 0 heterocycles. The van der Waals surface area contributed by atoms with Crippen molar-refractivity contribution in [1.29, 1.82) is 0 Å². The van der Waals surface area contributed by atoms with Crippen LogP contribution in [0, 0.1) is 0 Å². The molecule has 1 N–H and O–H groups in total. The SMILES string of the molecule is O=C(O)c1ccc2cc(S(=O)(=O)c3ccccc3)ccc2c1. The zero-order chi connectivity index (χ0) is 15.7. The van der Waals surface area contributed by atoms with Crippen molar-refractivity contribution in [2.75, 3.05) is 0 Å². The quantitative estimate of drug-likeness (QED) is 0.805. The number of aromatic carboxylic acids is 1. The van der Waals surface area contributed by atoms with Gasteiger partial charge in [0.1, 0.15) is 0 Å². The molecule has 4 nitrogen and oxygen atoms in total. The van der Waals surface area contributed by atoms with E-state index in [2.05, 4.69) is 0 Å². The standard InChI is InChI=1S/C17H12O4S/c18-17(19)14-7-6-13-11-16(9-8-12(13)10-14)22(20,21)15-4-2-1-3-5-15/h1-11H,(H,18,19). The van der Waals surface area contributed by atoms with Crippen LogP contribution in [0.15, 0.2) is 76.5 Å². The van der Waals surface area contributed by atoms with E-state index in [0.29, 0.717) is 10.8 Å². The Kier molecular flexibility index (Phi) is 3.42. The van der Waals surface area contributed by atoms with Gasteiger partial charge in [0.2, 0.25) is 9.84 Å². The molecule has 0 bridgehead atoms. The summed E-state index contributed by atoms with van der Waals surface area (Å²) in [5.74, 6) is -1.01. The maximum Gasteiger partial charge on any atom is 0.335 e. The number of carboxylic acids is 1. The van der Waals surface area contributed by atoms with Gasteiger partial charge in [-0.15, -0.1) is 0 Å². The van der Waals surface area contributed by atoms with E-state index in [0.717, 1.165) is 0 Å². The minimum Gasteiger partial charge on any atom is -0.478 e. The summed E-state index contributed by atoms with van der Waals surface area (Å²) in [5.41, 5.74) is 0.172. The highest BCUT2D eigenvalue weighted by molar-refractivity contribution is 7.91. The Labute approximate surface area is 127 Å². The van der Waals surface area contributed by atoms with E-state index in [9.17, 15) is 13.2 Å². The minimum atomic E-state index is -3.57. The van der Waals surface area contributed by atoms with Crippen LogP contribution in [0.2, 0.25) is 0 Å². The third-order valence-electron chi connectivity index (χ3n) is 3.42. The minimum absolute atomic E-state index is 0.172. The number of sulfone groups is 1. The molecule has 0 amide bonds. The molecule has 22 heavy (non-hydrogen) atoms. The van der Waals surface area contributed by atoms with E-state index in [1.807, 2.05) is 0 Å². The molecule has 5 heteroatoms. The normalized spacial score (nSPS) is 11.5. The van der Waals surface area contributed by atoms with Gasteiger partial charge in [0.05, 0.1) is 15.4 Å². The van der Waals surface area contributed by atoms with Crippen LogP contribution < -0.4 is 0 Å². The van der Waals surface area contributed by atoms with Crippen molar-refractivity contribution in [1.82, 2.24) is 0 Å². The molecule has 0 unspecified atom stereocenters. The molecule has 0 radical (unpaired) electrons. The van der Waals surface area contributed by atoms with Crippen molar-refractivity contribution in [2.24, 2.45) is 0 Å². The largest absolute Gasteiger partial charge is 0.478 e. The maximum atomic E-state index is 12.6. The molecule has 3 aromatic rings. The zero-order valence-electron chi connectivity index (χ0n) is 11.4. The molecule has 0 fully saturated rings. The van der Waals surface area contributed by atoms with Gasteiger partial charge < -0.3 is 5.11 Å². The van der Waals surface area contributed by atoms with Gasteiger partial charge >= 0.3 is 5.97 Å². The predicted molar refractivity (Wildman–Crippen MR) is 82.8 cm³/mol. The summed E-state index contributed by atoms with van der Waals surface area (Å²) in [7, 11) is -3.57. The van der Waals surface area contributed by atoms with Crippen molar-refractivity contribution >= 4 is 26.6 Å². The van der Waals surface area contributed by atoms with Gasteiger partial charge in [-0.05, 0) is 47.2 Å². The molecule has 0 saturated heterocycles. The second kappa shape index (κ2) is 5.27. The third kappa shape index (κ3) is 2.46. The Balaban J connectivity index is 2.13. The monoisotopic (exact) mass is 312 g/mol. The van der Waals surface area contributed by atoms with Crippen molar-refractivity contribution in [3.8, 4) is 0 Å². The topological polar surface area (TPSA) is 71.4 Å². The number of carbonyl (C=O) groups is 1. The molecular formula is C17H12O4S. The van der Waals surface area contributed by atoms with Crippen molar-refractivity contribution in [2.45, 2.75) is 9.79 Å². The van der Waals surface area contributed by atoms with Crippen LogP contribution in [0.25, 0.3) is 10.8 Å². The molecular weight excluding hydrogens is 300 g/mol. The van der Waals surface area contributed by atoms with E-state index in [-0.39, 0.29) is 15.4 Å². The van der Waals surface area contributed by atoms with E-state index in [4.69, 9.17) is 5.11 Å². The summed E-state index contributed by atoms with van der Waals surface area (Å²) in [6, 6.07) is 17.5. The Morgan fingerprint density at radius 3 is 2.09 bits per heavy atom. The number of carboxylic acid groups (broad SMARTS) is 1. The molecule has 0 saturated carbocycles. The second-order valence-corrected chi connectivity index (χ2v) is 6.80. The molecule has 110 valence electrons. The van der Waals surface area contributed by atoms with Crippen molar-refractivity contribution in [3.05, 3.63) is 72.3 Å². The van der Waals surface area contributed by atoms with Crippen molar-refractivity contribution < 1.29 is 18.3 Å². The Morgan fingerprint density at radius 2 is 1.41 bits per heavy atom. The first-order valence-corrected chi connectivity index (χ1v) is 8.04. The fourth-order valence-corrected chi connectivity index (χ4v) is 3.58. The highest BCUT2D eigenvalue weighted by Crippen LogP contribution is 2.25. The van der Waals surface area contributed by atoms with Crippen LogP contribution in [0.1, 0.15) is 10.4 Å². The number of hydrogen-bond donors (Lipinski definition) is 1. The highest BCUT2D eigenvalue weighted by Gasteiger charge is 2.17. The van der Waals surface area contributed by atoms with E-state index >= 15 is 0 Å². The first-order valence-electron chi connectivity index (χ1n) is 6.56. The summed E-state index contributed by atoms with van der Waals surface area (Å²) in [5, 5.41) is 10.4. The van der Waals surface area contributed by atoms with Crippen LogP contribution in [0.5, 0.6) is 0 Å². The molecule has 0 aromatic heterocycles. The Hall–Kier alpha value is -2.66. The number of rotatable bonds is 3. The van der Waals surface area contributed by atoms with Gasteiger partial charge in [-0.3, -0.25) is 0 Å². The molecule has 0 aliphatic rings. The van der Waals surface area contributed by atoms with Gasteiger partial charge in [0, 0.05) is 0 Å². The Morgan fingerprint density at radius 1 is 0.773 bits per heavy atom. The lowest BCUT2D eigenvalue weighted by molar-refractivity contribution is 0.0697. The number of hydrogen-bond acceptors (Lipinski definition) is 3. The highest BCUT2D eigenvalue weighted by atomic mass is 32.2. The lowest BCUT2D eigenvalue weighted by Gasteiger charge is -2.06. The molecule has 0 aliphatic heterocycles. The van der Waals surface area contributed by atoms with Crippen molar-refractivity contribution in [3.63, 3.8) is 0 Å². The van der Waals surface area contributed by atoms with Crippen LogP contribution in [-0.4, -0.2) is 19.5 Å². The fourth-order valence-electron chi connectivity index (χ4n) is 2.26. The van der Waals surface area contributed by atoms with Gasteiger partial charge in [-0.25, -0.2) is 13.2 Å². The maximum absolute atomic E-state index is 12.6. The van der Waals surface area contributed by atoms with E-state index in [1.54, 1.807) is 48.5 Å². The Bertz CT molecular complexity index is 960. The average Bonchev–Trinajstić information content (AvgIpc) is 2.54. The van der Waals surface area contributed by atoms with Crippen LogP contribution in [0.4, 0.5) is 0 Å². The molecule has 3 aromatic carbocycles. The predicted octanol–water partition coefficient (Wildman–Crippen LogP) is 3.37. The summed E-state index contributed by atoms with van der Waals surface area (Å²) < 4.78 is 25.1. The summed E-state index contributed by atoms with van der Waals surface area (Å²) >= 11 is 0. The first-order chi connectivity index (χ1) is 10.5. The van der Waals surface area contributed by atoms with E-state index in [1.165, 1.54) is 18.2 Å². The van der Waals surface area contributed by atoms with Gasteiger partial charge in [-0.2, -0.15) is 0 Å². The van der Waals surface area contributed by atoms with Crippen LogP contribution >= 0.6 is 0 Å². The van der Waals surface area contributed by atoms with Gasteiger partial charge in [0.25, 0.3) is 0 Å². The zero-order valence-corrected chi connectivity index (χ0v) is 12.2. The van der Waals surface area contributed by atoms with Gasteiger partial charge in [0.15, 0.2) is 0 Å². The molecule has 0 atom stereocenters. The third-order valence-corrected chi connectivity index (χ3v) is 5.19. The lowest BCUT2D eigenvalue weighted by atomic mass is 10.1. The summed E-state index contributed by atoms with van der Waals surface area (Å²) in [6.07, 6.45) is 0. The summed E-state index contributed by atoms with van der Waals surface area (Å²) in [6.45, 7) is 0. The smallest absolute Gasteiger partial charge is 0.335 e. The van der Waals surface area contributed by atoms with Crippen LogP contribution in [0.3, 0.4) is 0 Å². The summed E-state index contributed by atoms with van der Waals surface area (Å²) in [4.78, 5) is 11.4. The van der Waals surface area contributed by atoms with E-state index < -0.39 is 15.8 Å². The van der Waals surface area contributed by atoms with Crippen LogP contribution in [-0.2, 0) is 9.84 Å². The average molecular weight is 312 g/mol. The molecule has 0 spiro atoms. The molecule has 0 aliphatic carbocycles. The first kappa shape index (κ1) is 14.3. The number of benzene rings is 3. The van der Waals surface area contributed by atoms with Gasteiger partial charge in [-0.1, -0.05) is 30.3 Å². The lowest BCUT2D eigenvalue weighted by Crippen LogP contribution is -2.01. The number of fused-ring (bicyclic) bond motifs is 1.